The molecule has 1 heterocycles. The van der Waals surface area contributed by atoms with E-state index < -0.39 is 0 Å². The van der Waals surface area contributed by atoms with Gasteiger partial charge in [0, 0.05) is 19.1 Å². The number of hydrogen-bond acceptors (Lipinski definition) is 2. The monoisotopic (exact) mass is 232 g/mol. The summed E-state index contributed by atoms with van der Waals surface area (Å²) < 4.78 is 5.82. The van der Waals surface area contributed by atoms with Gasteiger partial charge in [-0.25, -0.2) is 0 Å². The average Bonchev–Trinajstić information content (AvgIpc) is 3.23. The molecule has 0 aromatic heterocycles. The van der Waals surface area contributed by atoms with Crippen molar-refractivity contribution in [3.63, 3.8) is 0 Å². The van der Waals surface area contributed by atoms with Crippen LogP contribution >= 0.6 is 0 Å². The molecule has 2 nitrogen and oxygen atoms in total. The molecule has 1 saturated carbocycles. The minimum absolute atomic E-state index is 0.0991. The molecule has 0 spiro atoms. The highest BCUT2D eigenvalue weighted by Crippen LogP contribution is 2.41. The SMILES string of the molecule is OCC1CCCOC1c1ccc(C2CC2)cc1. The summed E-state index contributed by atoms with van der Waals surface area (Å²) in [6.07, 6.45) is 4.94. The molecule has 2 fully saturated rings. The Morgan fingerprint density at radius 3 is 2.41 bits per heavy atom. The highest BCUT2D eigenvalue weighted by Gasteiger charge is 2.28. The van der Waals surface area contributed by atoms with E-state index in [1.165, 1.54) is 24.0 Å². The zero-order valence-electron chi connectivity index (χ0n) is 10.1. The molecular weight excluding hydrogens is 212 g/mol. The lowest BCUT2D eigenvalue weighted by atomic mass is 9.89. The van der Waals surface area contributed by atoms with E-state index in [2.05, 4.69) is 24.3 Å². The standard InChI is InChI=1S/C15H20O2/c16-10-14-2-1-9-17-15(14)13-7-5-12(6-8-13)11-3-4-11/h5-8,11,14-16H,1-4,9-10H2. The maximum atomic E-state index is 9.40. The second kappa shape index (κ2) is 4.79. The molecule has 0 bridgehead atoms. The minimum atomic E-state index is 0.0991. The Kier molecular flexibility index (Phi) is 3.17. The van der Waals surface area contributed by atoms with E-state index in [9.17, 15) is 5.11 Å². The second-order valence-electron chi connectivity index (χ2n) is 5.32. The summed E-state index contributed by atoms with van der Waals surface area (Å²) in [5.41, 5.74) is 2.69. The van der Waals surface area contributed by atoms with Gasteiger partial charge in [-0.3, -0.25) is 0 Å². The first-order valence-corrected chi connectivity index (χ1v) is 6.71. The van der Waals surface area contributed by atoms with Crippen molar-refractivity contribution < 1.29 is 9.84 Å². The number of aliphatic hydroxyl groups is 1. The molecule has 1 aromatic rings. The lowest BCUT2D eigenvalue weighted by Gasteiger charge is -2.30. The highest BCUT2D eigenvalue weighted by atomic mass is 16.5. The Bertz CT molecular complexity index is 367. The van der Waals surface area contributed by atoms with Crippen molar-refractivity contribution >= 4 is 0 Å². The van der Waals surface area contributed by atoms with E-state index in [1.807, 2.05) is 0 Å². The van der Waals surface area contributed by atoms with Gasteiger partial charge in [0.1, 0.15) is 0 Å². The largest absolute Gasteiger partial charge is 0.396 e. The fourth-order valence-corrected chi connectivity index (χ4v) is 2.77. The van der Waals surface area contributed by atoms with Gasteiger partial charge in [0.15, 0.2) is 0 Å². The average molecular weight is 232 g/mol. The van der Waals surface area contributed by atoms with Crippen LogP contribution in [-0.4, -0.2) is 18.3 Å². The predicted octanol–water partition coefficient (Wildman–Crippen LogP) is 3.02. The van der Waals surface area contributed by atoms with Crippen LogP contribution < -0.4 is 0 Å². The Morgan fingerprint density at radius 1 is 1.06 bits per heavy atom. The third-order valence-electron chi connectivity index (χ3n) is 3.99. The van der Waals surface area contributed by atoms with Crippen molar-refractivity contribution in [2.75, 3.05) is 13.2 Å². The topological polar surface area (TPSA) is 29.5 Å². The lowest BCUT2D eigenvalue weighted by molar-refractivity contribution is -0.0457. The van der Waals surface area contributed by atoms with Gasteiger partial charge in [-0.15, -0.1) is 0 Å². The molecule has 3 rings (SSSR count). The summed E-state index contributed by atoms with van der Waals surface area (Å²) in [6.45, 7) is 1.06. The molecule has 1 saturated heterocycles. The van der Waals surface area contributed by atoms with Gasteiger partial charge in [0.25, 0.3) is 0 Å². The van der Waals surface area contributed by atoms with Crippen LogP contribution in [0.15, 0.2) is 24.3 Å². The van der Waals surface area contributed by atoms with Crippen molar-refractivity contribution in [2.24, 2.45) is 5.92 Å². The first-order valence-electron chi connectivity index (χ1n) is 6.71. The highest BCUT2D eigenvalue weighted by molar-refractivity contribution is 5.29. The van der Waals surface area contributed by atoms with Crippen molar-refractivity contribution in [1.82, 2.24) is 0 Å². The third kappa shape index (κ3) is 2.38. The van der Waals surface area contributed by atoms with Gasteiger partial charge in [0.2, 0.25) is 0 Å². The molecule has 1 aliphatic carbocycles. The quantitative estimate of drug-likeness (QED) is 0.868. The van der Waals surface area contributed by atoms with Crippen LogP contribution in [0.5, 0.6) is 0 Å². The van der Waals surface area contributed by atoms with Crippen LogP contribution in [0.2, 0.25) is 0 Å². The number of ether oxygens (including phenoxy) is 1. The summed E-state index contributed by atoms with van der Waals surface area (Å²) in [6, 6.07) is 8.84. The van der Waals surface area contributed by atoms with Gasteiger partial charge in [0.05, 0.1) is 6.10 Å². The normalized spacial score (nSPS) is 29.2. The maximum Gasteiger partial charge on any atom is 0.0874 e. The molecule has 2 unspecified atom stereocenters. The van der Waals surface area contributed by atoms with Crippen molar-refractivity contribution in [3.8, 4) is 0 Å². The van der Waals surface area contributed by atoms with E-state index in [0.29, 0.717) is 0 Å². The van der Waals surface area contributed by atoms with Crippen molar-refractivity contribution in [3.05, 3.63) is 35.4 Å². The van der Waals surface area contributed by atoms with Crippen LogP contribution in [0.4, 0.5) is 0 Å². The Hall–Kier alpha value is -0.860. The molecule has 2 heteroatoms. The Balaban J connectivity index is 1.76. The van der Waals surface area contributed by atoms with E-state index >= 15 is 0 Å². The van der Waals surface area contributed by atoms with Crippen LogP contribution in [0.1, 0.15) is 48.8 Å². The minimum Gasteiger partial charge on any atom is -0.396 e. The lowest BCUT2D eigenvalue weighted by Crippen LogP contribution is -2.25. The van der Waals surface area contributed by atoms with Crippen LogP contribution in [0.25, 0.3) is 0 Å². The smallest absolute Gasteiger partial charge is 0.0874 e. The zero-order valence-corrected chi connectivity index (χ0v) is 10.1. The first kappa shape index (κ1) is 11.2. The van der Waals surface area contributed by atoms with Gasteiger partial charge in [-0.1, -0.05) is 24.3 Å². The summed E-state index contributed by atoms with van der Waals surface area (Å²) in [4.78, 5) is 0. The van der Waals surface area contributed by atoms with E-state index in [4.69, 9.17) is 4.74 Å². The fraction of sp³-hybridized carbons (Fsp3) is 0.600. The van der Waals surface area contributed by atoms with Gasteiger partial charge in [-0.05, 0) is 42.7 Å². The zero-order chi connectivity index (χ0) is 11.7. The second-order valence-corrected chi connectivity index (χ2v) is 5.32. The molecule has 0 radical (unpaired) electrons. The van der Waals surface area contributed by atoms with Gasteiger partial charge in [-0.2, -0.15) is 0 Å². The fourth-order valence-electron chi connectivity index (χ4n) is 2.77. The molecule has 1 N–H and O–H groups in total. The van der Waals surface area contributed by atoms with E-state index in [-0.39, 0.29) is 18.6 Å². The number of rotatable bonds is 3. The van der Waals surface area contributed by atoms with Crippen molar-refractivity contribution in [2.45, 2.75) is 37.7 Å². The van der Waals surface area contributed by atoms with Gasteiger partial charge >= 0.3 is 0 Å². The third-order valence-corrected chi connectivity index (χ3v) is 3.99. The molecule has 1 aliphatic heterocycles. The summed E-state index contributed by atoms with van der Waals surface area (Å²) in [5, 5.41) is 9.40. The molecule has 0 amide bonds. The summed E-state index contributed by atoms with van der Waals surface area (Å²) >= 11 is 0. The van der Waals surface area contributed by atoms with Crippen molar-refractivity contribution in [1.29, 1.82) is 0 Å². The molecule has 17 heavy (non-hydrogen) atoms. The van der Waals surface area contributed by atoms with Crippen LogP contribution in [-0.2, 0) is 4.74 Å². The molecule has 1 aromatic carbocycles. The number of hydrogen-bond donors (Lipinski definition) is 1. The summed E-state index contributed by atoms with van der Waals surface area (Å²) in [5.74, 6) is 1.08. The van der Waals surface area contributed by atoms with Crippen LogP contribution in [0.3, 0.4) is 0 Å². The Labute approximate surface area is 103 Å². The molecule has 92 valence electrons. The van der Waals surface area contributed by atoms with Gasteiger partial charge < -0.3 is 9.84 Å². The molecular formula is C15H20O2. The van der Waals surface area contributed by atoms with Crippen LogP contribution in [0, 0.1) is 5.92 Å². The predicted molar refractivity (Wildman–Crippen MR) is 66.9 cm³/mol. The van der Waals surface area contributed by atoms with E-state index in [1.54, 1.807) is 0 Å². The molecule has 2 atom stereocenters. The van der Waals surface area contributed by atoms with E-state index in [0.717, 1.165) is 25.4 Å². The number of benzene rings is 1. The summed E-state index contributed by atoms with van der Waals surface area (Å²) in [7, 11) is 0. The Morgan fingerprint density at radius 2 is 1.76 bits per heavy atom. The first-order chi connectivity index (χ1) is 8.38. The maximum absolute atomic E-state index is 9.40. The number of aliphatic hydroxyl groups excluding tert-OH is 1. The molecule has 2 aliphatic rings.